The van der Waals surface area contributed by atoms with E-state index in [-0.39, 0.29) is 16.9 Å². The van der Waals surface area contributed by atoms with Crippen LogP contribution in [0.15, 0.2) is 18.2 Å². The van der Waals surface area contributed by atoms with Crippen molar-refractivity contribution in [3.05, 3.63) is 35.1 Å². The summed E-state index contributed by atoms with van der Waals surface area (Å²) in [5.41, 5.74) is 0.995. The molecule has 18 heavy (non-hydrogen) atoms. The van der Waals surface area contributed by atoms with E-state index in [1.165, 1.54) is 6.07 Å². The largest absolute Gasteiger partial charge is 0.351 e. The van der Waals surface area contributed by atoms with E-state index in [9.17, 15) is 9.18 Å². The highest BCUT2D eigenvalue weighted by atomic mass is 19.1. The Morgan fingerprint density at radius 3 is 2.56 bits per heavy atom. The van der Waals surface area contributed by atoms with Crippen LogP contribution in [0.2, 0.25) is 0 Å². The zero-order chi connectivity index (χ0) is 13.9. The van der Waals surface area contributed by atoms with Gasteiger partial charge in [-0.05, 0) is 30.4 Å². The molecule has 2 nitrogen and oxygen atoms in total. The smallest absolute Gasteiger partial charge is 0.254 e. The number of aryl methyl sites for hydroxylation is 1. The Kier molecular flexibility index (Phi) is 4.49. The number of carbonyl (C=O) groups excluding carboxylic acids is 1. The van der Waals surface area contributed by atoms with Gasteiger partial charge in [0.05, 0.1) is 5.56 Å². The van der Waals surface area contributed by atoms with Crippen LogP contribution in [0.25, 0.3) is 0 Å². The highest BCUT2D eigenvalue weighted by Gasteiger charge is 2.23. The first-order valence-corrected chi connectivity index (χ1v) is 6.28. The van der Waals surface area contributed by atoms with Crippen LogP contribution in [0.3, 0.4) is 0 Å². The molecule has 1 aromatic carbocycles. The van der Waals surface area contributed by atoms with Crippen LogP contribution >= 0.6 is 0 Å². The molecule has 1 aromatic rings. The lowest BCUT2D eigenvalue weighted by Gasteiger charge is -2.29. The molecule has 0 aliphatic heterocycles. The van der Waals surface area contributed by atoms with Gasteiger partial charge in [0.25, 0.3) is 5.91 Å². The van der Waals surface area contributed by atoms with Crippen molar-refractivity contribution in [3.8, 4) is 0 Å². The quantitative estimate of drug-likeness (QED) is 0.871. The molecule has 0 radical (unpaired) electrons. The highest BCUT2D eigenvalue weighted by molar-refractivity contribution is 5.94. The third kappa shape index (κ3) is 3.56. The van der Waals surface area contributed by atoms with Gasteiger partial charge in [-0.25, -0.2) is 4.39 Å². The maximum atomic E-state index is 13.5. The molecule has 0 aliphatic rings. The predicted octanol–water partition coefficient (Wildman–Crippen LogP) is 3.55. The summed E-state index contributed by atoms with van der Waals surface area (Å²) < 4.78 is 13.5. The molecule has 0 aliphatic carbocycles. The molecule has 0 saturated heterocycles. The van der Waals surface area contributed by atoms with Gasteiger partial charge < -0.3 is 5.32 Å². The normalized spacial score (nSPS) is 11.7. The first kappa shape index (κ1) is 14.7. The summed E-state index contributed by atoms with van der Waals surface area (Å²) in [7, 11) is 0. The number of benzene rings is 1. The summed E-state index contributed by atoms with van der Waals surface area (Å²) in [6.07, 6.45) is 0. The third-order valence-corrected chi connectivity index (χ3v) is 3.63. The van der Waals surface area contributed by atoms with Gasteiger partial charge in [0.15, 0.2) is 0 Å². The van der Waals surface area contributed by atoms with Gasteiger partial charge in [-0.2, -0.15) is 0 Å². The van der Waals surface area contributed by atoms with Crippen LogP contribution in [-0.4, -0.2) is 12.5 Å². The molecule has 0 unspecified atom stereocenters. The van der Waals surface area contributed by atoms with Crippen molar-refractivity contribution >= 4 is 5.91 Å². The molecule has 100 valence electrons. The van der Waals surface area contributed by atoms with E-state index in [0.717, 1.165) is 5.56 Å². The summed E-state index contributed by atoms with van der Waals surface area (Å²) in [6, 6.07) is 4.56. The Bertz CT molecular complexity index is 438. The van der Waals surface area contributed by atoms with Crippen LogP contribution in [0.1, 0.15) is 43.6 Å². The monoisotopic (exact) mass is 251 g/mol. The maximum absolute atomic E-state index is 13.5. The molecule has 0 spiro atoms. The minimum Gasteiger partial charge on any atom is -0.351 e. The first-order chi connectivity index (χ1) is 8.24. The second kappa shape index (κ2) is 5.51. The van der Waals surface area contributed by atoms with Crippen molar-refractivity contribution in [2.45, 2.75) is 34.6 Å². The zero-order valence-corrected chi connectivity index (χ0v) is 11.8. The lowest BCUT2D eigenvalue weighted by molar-refractivity contribution is 0.0920. The number of carbonyl (C=O) groups is 1. The van der Waals surface area contributed by atoms with E-state index in [2.05, 4.69) is 33.0 Å². The Balaban J connectivity index is 2.75. The molecule has 0 heterocycles. The van der Waals surface area contributed by atoms with Crippen LogP contribution in [0.5, 0.6) is 0 Å². The van der Waals surface area contributed by atoms with Crippen molar-refractivity contribution in [1.82, 2.24) is 5.32 Å². The lowest BCUT2D eigenvalue weighted by Crippen LogP contribution is -2.37. The van der Waals surface area contributed by atoms with Gasteiger partial charge in [0.1, 0.15) is 5.82 Å². The third-order valence-electron chi connectivity index (χ3n) is 3.63. The zero-order valence-electron chi connectivity index (χ0n) is 11.8. The number of nitrogens with one attached hydrogen (secondary N) is 1. The van der Waals surface area contributed by atoms with Crippen molar-refractivity contribution in [1.29, 1.82) is 0 Å². The summed E-state index contributed by atoms with van der Waals surface area (Å²) in [4.78, 5) is 11.9. The topological polar surface area (TPSA) is 29.1 Å². The van der Waals surface area contributed by atoms with Gasteiger partial charge in [-0.1, -0.05) is 39.3 Å². The van der Waals surface area contributed by atoms with E-state index in [0.29, 0.717) is 12.5 Å². The van der Waals surface area contributed by atoms with E-state index < -0.39 is 5.82 Å². The van der Waals surface area contributed by atoms with E-state index in [4.69, 9.17) is 0 Å². The van der Waals surface area contributed by atoms with Crippen molar-refractivity contribution in [2.24, 2.45) is 11.3 Å². The fourth-order valence-corrected chi connectivity index (χ4v) is 1.42. The molecule has 1 N–H and O–H groups in total. The summed E-state index contributed by atoms with van der Waals surface area (Å²) in [6.45, 7) is 10.8. The SMILES string of the molecule is Cc1ccc(F)c(C(=O)NCC(C)(C)C(C)C)c1. The fourth-order valence-electron chi connectivity index (χ4n) is 1.42. The molecule has 1 amide bonds. The van der Waals surface area contributed by atoms with Crippen LogP contribution < -0.4 is 5.32 Å². The maximum Gasteiger partial charge on any atom is 0.254 e. The average Bonchev–Trinajstić information content (AvgIpc) is 2.29. The number of hydrogen-bond donors (Lipinski definition) is 1. The second-order valence-electron chi connectivity index (χ2n) is 5.81. The van der Waals surface area contributed by atoms with E-state index in [1.807, 2.05) is 6.92 Å². The predicted molar refractivity (Wildman–Crippen MR) is 72.1 cm³/mol. The average molecular weight is 251 g/mol. The van der Waals surface area contributed by atoms with Gasteiger partial charge in [0, 0.05) is 6.54 Å². The van der Waals surface area contributed by atoms with Gasteiger partial charge >= 0.3 is 0 Å². The Hall–Kier alpha value is -1.38. The van der Waals surface area contributed by atoms with Crippen molar-refractivity contribution in [3.63, 3.8) is 0 Å². The fraction of sp³-hybridized carbons (Fsp3) is 0.533. The standard InChI is InChI=1S/C15H22FNO/c1-10(2)15(4,5)9-17-14(18)12-8-11(3)6-7-13(12)16/h6-8,10H,9H2,1-5H3,(H,17,18). The van der Waals surface area contributed by atoms with Crippen molar-refractivity contribution in [2.75, 3.05) is 6.54 Å². The molecular weight excluding hydrogens is 229 g/mol. The number of rotatable bonds is 4. The van der Waals surface area contributed by atoms with E-state index >= 15 is 0 Å². The minimum atomic E-state index is -0.472. The van der Waals surface area contributed by atoms with Crippen LogP contribution in [0, 0.1) is 24.1 Å². The van der Waals surface area contributed by atoms with Gasteiger partial charge in [0.2, 0.25) is 0 Å². The molecule has 0 atom stereocenters. The van der Waals surface area contributed by atoms with Crippen LogP contribution in [-0.2, 0) is 0 Å². The summed E-state index contributed by atoms with van der Waals surface area (Å²) >= 11 is 0. The first-order valence-electron chi connectivity index (χ1n) is 6.28. The molecule has 0 fully saturated rings. The van der Waals surface area contributed by atoms with Gasteiger partial charge in [-0.3, -0.25) is 4.79 Å². The second-order valence-corrected chi connectivity index (χ2v) is 5.81. The molecule has 1 rings (SSSR count). The number of halogens is 1. The summed E-state index contributed by atoms with van der Waals surface area (Å²) in [5, 5.41) is 2.81. The van der Waals surface area contributed by atoms with E-state index in [1.54, 1.807) is 12.1 Å². The molecular formula is C15H22FNO. The number of amides is 1. The lowest BCUT2D eigenvalue weighted by atomic mass is 9.81. The van der Waals surface area contributed by atoms with Gasteiger partial charge in [-0.15, -0.1) is 0 Å². The molecule has 0 saturated carbocycles. The highest BCUT2D eigenvalue weighted by Crippen LogP contribution is 2.24. The molecule has 3 heteroatoms. The Morgan fingerprint density at radius 2 is 2.00 bits per heavy atom. The molecule has 0 aromatic heterocycles. The summed E-state index contributed by atoms with van der Waals surface area (Å²) in [5.74, 6) is -0.370. The van der Waals surface area contributed by atoms with Crippen molar-refractivity contribution < 1.29 is 9.18 Å². The minimum absolute atomic E-state index is 0.00401. The Labute approximate surface area is 109 Å². The Morgan fingerprint density at radius 1 is 1.39 bits per heavy atom. The molecule has 0 bridgehead atoms. The number of hydrogen-bond acceptors (Lipinski definition) is 1. The van der Waals surface area contributed by atoms with Crippen LogP contribution in [0.4, 0.5) is 4.39 Å².